The van der Waals surface area contributed by atoms with Crippen molar-refractivity contribution in [1.82, 2.24) is 20.4 Å². The summed E-state index contributed by atoms with van der Waals surface area (Å²) in [5, 5.41) is 18.6. The molecule has 0 fully saturated rings. The average molecular weight is 282 g/mol. The van der Waals surface area contributed by atoms with Crippen molar-refractivity contribution in [2.24, 2.45) is 12.5 Å². The van der Waals surface area contributed by atoms with E-state index in [1.54, 1.807) is 51.7 Å². The van der Waals surface area contributed by atoms with Gasteiger partial charge >= 0.3 is 12.0 Å². The van der Waals surface area contributed by atoms with E-state index in [2.05, 4.69) is 15.7 Å². The number of amides is 2. The van der Waals surface area contributed by atoms with Gasteiger partial charge in [-0.05, 0) is 33.8 Å². The number of rotatable bonds is 5. The van der Waals surface area contributed by atoms with Gasteiger partial charge in [-0.15, -0.1) is 0 Å². The molecule has 7 heteroatoms. The largest absolute Gasteiger partial charge is 0.481 e. The van der Waals surface area contributed by atoms with Gasteiger partial charge < -0.3 is 15.7 Å². The Balaban J connectivity index is 2.62. The standard InChI is InChI=1S/C13H22N4O3/c1-12(2,10(18)19)13(3,4)16-11(20)14-8-9-6-7-15-17(9)5/h6-7H,8H2,1-5H3,(H,18,19)(H2,14,16,20). The van der Waals surface area contributed by atoms with Gasteiger partial charge in [0.15, 0.2) is 0 Å². The number of carbonyl (C=O) groups is 2. The van der Waals surface area contributed by atoms with Gasteiger partial charge in [0.1, 0.15) is 0 Å². The molecule has 7 nitrogen and oxygen atoms in total. The third kappa shape index (κ3) is 3.28. The number of aliphatic carboxylic acids is 1. The van der Waals surface area contributed by atoms with Gasteiger partial charge in [0, 0.05) is 13.2 Å². The van der Waals surface area contributed by atoms with E-state index in [1.165, 1.54) is 0 Å². The second-order valence-electron chi connectivity index (χ2n) is 5.81. The second-order valence-corrected chi connectivity index (χ2v) is 5.81. The van der Waals surface area contributed by atoms with Crippen LogP contribution in [-0.4, -0.2) is 32.4 Å². The van der Waals surface area contributed by atoms with E-state index in [0.29, 0.717) is 6.54 Å². The lowest BCUT2D eigenvalue weighted by molar-refractivity contribution is -0.150. The molecule has 2 amide bonds. The molecule has 1 aromatic heterocycles. The van der Waals surface area contributed by atoms with E-state index < -0.39 is 23.0 Å². The number of hydrogen-bond acceptors (Lipinski definition) is 3. The smallest absolute Gasteiger partial charge is 0.315 e. The number of nitrogens with one attached hydrogen (secondary N) is 2. The summed E-state index contributed by atoms with van der Waals surface area (Å²) in [6.07, 6.45) is 1.65. The Hall–Kier alpha value is -2.05. The average Bonchev–Trinajstić information content (AvgIpc) is 2.71. The van der Waals surface area contributed by atoms with Crippen LogP contribution in [-0.2, 0) is 18.4 Å². The Kier molecular flexibility index (Phi) is 4.42. The lowest BCUT2D eigenvalue weighted by atomic mass is 9.74. The van der Waals surface area contributed by atoms with Gasteiger partial charge in [-0.2, -0.15) is 5.10 Å². The normalized spacial score (nSPS) is 12.1. The molecule has 0 saturated carbocycles. The van der Waals surface area contributed by atoms with Crippen LogP contribution >= 0.6 is 0 Å². The number of urea groups is 1. The van der Waals surface area contributed by atoms with Crippen LogP contribution in [0.4, 0.5) is 4.79 Å². The quantitative estimate of drug-likeness (QED) is 0.753. The third-order valence-electron chi connectivity index (χ3n) is 3.88. The lowest BCUT2D eigenvalue weighted by Gasteiger charge is -2.38. The first kappa shape index (κ1) is 16.0. The molecule has 1 aromatic rings. The van der Waals surface area contributed by atoms with Crippen LogP contribution in [0, 0.1) is 5.41 Å². The first-order valence-corrected chi connectivity index (χ1v) is 6.34. The van der Waals surface area contributed by atoms with Crippen molar-refractivity contribution in [3.63, 3.8) is 0 Å². The molecule has 3 N–H and O–H groups in total. The highest BCUT2D eigenvalue weighted by Gasteiger charge is 2.44. The number of carboxylic acid groups (broad SMARTS) is 1. The van der Waals surface area contributed by atoms with Crippen molar-refractivity contribution in [2.45, 2.75) is 39.8 Å². The van der Waals surface area contributed by atoms with Gasteiger partial charge in [0.2, 0.25) is 0 Å². The molecule has 20 heavy (non-hydrogen) atoms. The first-order chi connectivity index (χ1) is 9.08. The zero-order valence-electron chi connectivity index (χ0n) is 12.5. The van der Waals surface area contributed by atoms with Crippen LogP contribution < -0.4 is 10.6 Å². The van der Waals surface area contributed by atoms with Crippen LogP contribution in [0.5, 0.6) is 0 Å². The van der Waals surface area contributed by atoms with Crippen LogP contribution in [0.1, 0.15) is 33.4 Å². The summed E-state index contributed by atoms with van der Waals surface area (Å²) >= 11 is 0. The molecule has 0 aliphatic heterocycles. The highest BCUT2D eigenvalue weighted by molar-refractivity contribution is 5.79. The van der Waals surface area contributed by atoms with Crippen LogP contribution in [0.2, 0.25) is 0 Å². The fraction of sp³-hybridized carbons (Fsp3) is 0.615. The molecular weight excluding hydrogens is 260 g/mol. The van der Waals surface area contributed by atoms with Gasteiger partial charge in [0.25, 0.3) is 0 Å². The maximum Gasteiger partial charge on any atom is 0.315 e. The summed E-state index contributed by atoms with van der Waals surface area (Å²) in [5.74, 6) is -0.963. The SMILES string of the molecule is Cn1nccc1CNC(=O)NC(C)(C)C(C)(C)C(=O)O. The fourth-order valence-corrected chi connectivity index (χ4v) is 1.50. The summed E-state index contributed by atoms with van der Waals surface area (Å²) in [6, 6.07) is 1.39. The maximum absolute atomic E-state index is 11.9. The monoisotopic (exact) mass is 282 g/mol. The summed E-state index contributed by atoms with van der Waals surface area (Å²) in [4.78, 5) is 23.1. The fourth-order valence-electron chi connectivity index (χ4n) is 1.50. The number of aromatic nitrogens is 2. The Bertz CT molecular complexity index is 505. The van der Waals surface area contributed by atoms with Crippen molar-refractivity contribution < 1.29 is 14.7 Å². The van der Waals surface area contributed by atoms with E-state index in [4.69, 9.17) is 0 Å². The zero-order chi connectivity index (χ0) is 15.6. The molecule has 0 aliphatic rings. The third-order valence-corrected chi connectivity index (χ3v) is 3.88. The van der Waals surface area contributed by atoms with Crippen LogP contribution in [0.3, 0.4) is 0 Å². The van der Waals surface area contributed by atoms with Crippen molar-refractivity contribution in [3.05, 3.63) is 18.0 Å². The number of nitrogens with zero attached hydrogens (tertiary/aromatic N) is 2. The molecule has 1 heterocycles. The predicted molar refractivity (Wildman–Crippen MR) is 74.1 cm³/mol. The molecular formula is C13H22N4O3. The topological polar surface area (TPSA) is 96.3 Å². The van der Waals surface area contributed by atoms with Crippen LogP contribution in [0.25, 0.3) is 0 Å². The second kappa shape index (κ2) is 5.52. The van der Waals surface area contributed by atoms with Crippen molar-refractivity contribution >= 4 is 12.0 Å². The van der Waals surface area contributed by atoms with Crippen LogP contribution in [0.15, 0.2) is 12.3 Å². The summed E-state index contributed by atoms with van der Waals surface area (Å²) < 4.78 is 1.66. The van der Waals surface area contributed by atoms with Gasteiger partial charge in [-0.25, -0.2) is 4.79 Å². The molecule has 112 valence electrons. The molecule has 0 aromatic carbocycles. The summed E-state index contributed by atoms with van der Waals surface area (Å²) in [6.45, 7) is 6.86. The Morgan fingerprint density at radius 3 is 2.40 bits per heavy atom. The molecule has 0 aliphatic carbocycles. The summed E-state index contributed by atoms with van der Waals surface area (Å²) in [7, 11) is 1.78. The lowest BCUT2D eigenvalue weighted by Crippen LogP contribution is -2.58. The van der Waals surface area contributed by atoms with E-state index in [9.17, 15) is 14.7 Å². The Morgan fingerprint density at radius 2 is 1.95 bits per heavy atom. The summed E-state index contributed by atoms with van der Waals surface area (Å²) in [5.41, 5.74) is -1.12. The van der Waals surface area contributed by atoms with E-state index in [-0.39, 0.29) is 0 Å². The van der Waals surface area contributed by atoms with Gasteiger partial charge in [-0.1, -0.05) is 0 Å². The number of aryl methyl sites for hydroxylation is 1. The van der Waals surface area contributed by atoms with Gasteiger partial charge in [-0.3, -0.25) is 9.48 Å². The number of hydrogen-bond donors (Lipinski definition) is 3. The van der Waals surface area contributed by atoms with Gasteiger partial charge in [0.05, 0.1) is 23.2 Å². The molecule has 0 spiro atoms. The maximum atomic E-state index is 11.9. The molecule has 1 rings (SSSR count). The minimum Gasteiger partial charge on any atom is -0.481 e. The van der Waals surface area contributed by atoms with Crippen molar-refractivity contribution in [3.8, 4) is 0 Å². The highest BCUT2D eigenvalue weighted by Crippen LogP contribution is 2.30. The minimum absolute atomic E-state index is 0.325. The van der Waals surface area contributed by atoms with Crippen molar-refractivity contribution in [1.29, 1.82) is 0 Å². The van der Waals surface area contributed by atoms with E-state index in [1.807, 2.05) is 0 Å². The molecule has 0 bridgehead atoms. The molecule has 0 unspecified atom stereocenters. The number of carboxylic acids is 1. The van der Waals surface area contributed by atoms with E-state index in [0.717, 1.165) is 5.69 Å². The first-order valence-electron chi connectivity index (χ1n) is 6.34. The van der Waals surface area contributed by atoms with Crippen molar-refractivity contribution in [2.75, 3.05) is 0 Å². The van der Waals surface area contributed by atoms with E-state index >= 15 is 0 Å². The molecule has 0 radical (unpaired) electrons. The predicted octanol–water partition coefficient (Wildman–Crippen LogP) is 1.11. The molecule has 0 saturated heterocycles. The Labute approximate surface area is 118 Å². The zero-order valence-corrected chi connectivity index (χ0v) is 12.5. The molecule has 0 atom stereocenters. The number of carbonyl (C=O) groups excluding carboxylic acids is 1. The Morgan fingerprint density at radius 1 is 1.35 bits per heavy atom. The minimum atomic E-state index is -1.09. The highest BCUT2D eigenvalue weighted by atomic mass is 16.4.